The van der Waals surface area contributed by atoms with Crippen LogP contribution in [0.15, 0.2) is 246 Å². The van der Waals surface area contributed by atoms with Gasteiger partial charge in [0.25, 0.3) is 0 Å². The third kappa shape index (κ3) is 5.90. The van der Waals surface area contributed by atoms with Gasteiger partial charge in [-0.1, -0.05) is 194 Å². The molecule has 2 aliphatic rings. The van der Waals surface area contributed by atoms with Crippen molar-refractivity contribution in [1.82, 2.24) is 15.0 Å². The van der Waals surface area contributed by atoms with Crippen molar-refractivity contribution in [2.24, 2.45) is 0 Å². The molecule has 0 aliphatic heterocycles. The predicted molar refractivity (Wildman–Crippen MR) is 286 cm³/mol. The van der Waals surface area contributed by atoms with Crippen molar-refractivity contribution in [3.05, 3.63) is 259 Å². The van der Waals surface area contributed by atoms with Gasteiger partial charge in [-0.2, -0.15) is 0 Å². The summed E-state index contributed by atoms with van der Waals surface area (Å²) in [7, 11) is 0. The molecule has 3 aromatic heterocycles. The van der Waals surface area contributed by atoms with E-state index in [1.807, 2.05) is 42.5 Å². The highest BCUT2D eigenvalue weighted by atomic mass is 16.3. The minimum absolute atomic E-state index is 0.352. The first-order valence-electron chi connectivity index (χ1n) is 24.1. The summed E-state index contributed by atoms with van der Waals surface area (Å²) in [4.78, 5) is 15.5. The molecule has 0 amide bonds. The van der Waals surface area contributed by atoms with Crippen LogP contribution in [-0.2, 0) is 5.41 Å². The zero-order valence-electron chi connectivity index (χ0n) is 38.2. The van der Waals surface area contributed by atoms with Gasteiger partial charge in [-0.25, -0.2) is 15.0 Å². The standard InChI is InChI=1S/C66H39N3O2/c1-2-12-40(13-3-1)41-28-30-44(31-29-41)63-67-64(51-17-10-22-59-50(51)36-37-70-59)69-65(68-63)52-18-11-23-61-62(52)54-39-46(33-35-60(54)71-61)43-26-24-42(25-27-43)45-32-34-58-53(38-45)49-16-6-9-21-57(49)66(58)55-19-7-4-14-47(55)48-15-5-8-20-56(48)66/h1-39H. The SMILES string of the molecule is c1ccc(-c2ccc(-c3nc(-c4cccc5occc45)nc(-c4cccc5oc6ccc(-c7ccc(-c8ccc9c(c8)-c8ccccc8C98c9ccccc9-c9ccccc98)cc7)cc6c45)n3)cc2)cc1. The van der Waals surface area contributed by atoms with E-state index in [1.54, 1.807) is 6.26 Å². The summed E-state index contributed by atoms with van der Waals surface area (Å²) < 4.78 is 12.4. The number of benzene rings is 10. The van der Waals surface area contributed by atoms with Crippen molar-refractivity contribution in [1.29, 1.82) is 0 Å². The summed E-state index contributed by atoms with van der Waals surface area (Å²) in [6, 6.07) is 82.3. The number of fused-ring (bicyclic) bond motifs is 14. The minimum atomic E-state index is -0.352. The van der Waals surface area contributed by atoms with Crippen LogP contribution in [-0.4, -0.2) is 15.0 Å². The van der Waals surface area contributed by atoms with E-state index >= 15 is 0 Å². The second-order valence-electron chi connectivity index (χ2n) is 18.6. The first kappa shape index (κ1) is 39.5. The molecule has 1 spiro atoms. The van der Waals surface area contributed by atoms with Gasteiger partial charge >= 0.3 is 0 Å². The Bertz CT molecular complexity index is 4230. The highest BCUT2D eigenvalue weighted by molar-refractivity contribution is 6.13. The molecule has 5 heteroatoms. The molecule has 3 heterocycles. The van der Waals surface area contributed by atoms with Gasteiger partial charge in [0.1, 0.15) is 16.7 Å². The van der Waals surface area contributed by atoms with Gasteiger partial charge in [-0.15, -0.1) is 0 Å². The van der Waals surface area contributed by atoms with Crippen LogP contribution < -0.4 is 0 Å². The highest BCUT2D eigenvalue weighted by Crippen LogP contribution is 2.63. The van der Waals surface area contributed by atoms with Crippen LogP contribution in [0.3, 0.4) is 0 Å². The fraction of sp³-hybridized carbons (Fsp3) is 0.0152. The lowest BCUT2D eigenvalue weighted by Crippen LogP contribution is -2.25. The van der Waals surface area contributed by atoms with E-state index in [9.17, 15) is 0 Å². The Balaban J connectivity index is 0.819. The zero-order chi connectivity index (χ0) is 46.6. The molecular weight excluding hydrogens is 867 g/mol. The van der Waals surface area contributed by atoms with Gasteiger partial charge in [0.15, 0.2) is 17.5 Å². The Morgan fingerprint density at radius 1 is 0.282 bits per heavy atom. The summed E-state index contributed by atoms with van der Waals surface area (Å²) in [6.07, 6.45) is 1.71. The van der Waals surface area contributed by atoms with Crippen LogP contribution in [0.5, 0.6) is 0 Å². The van der Waals surface area contributed by atoms with Crippen molar-refractivity contribution < 1.29 is 8.83 Å². The van der Waals surface area contributed by atoms with Crippen molar-refractivity contribution in [3.63, 3.8) is 0 Å². The van der Waals surface area contributed by atoms with Crippen molar-refractivity contribution in [2.45, 2.75) is 5.41 Å². The predicted octanol–water partition coefficient (Wildman–Crippen LogP) is 16.9. The first-order valence-corrected chi connectivity index (χ1v) is 24.1. The van der Waals surface area contributed by atoms with Crippen LogP contribution in [0.4, 0.5) is 0 Å². The number of rotatable bonds is 6. The Morgan fingerprint density at radius 3 is 1.45 bits per heavy atom. The summed E-state index contributed by atoms with van der Waals surface area (Å²) in [5, 5.41) is 2.88. The molecule has 2 aliphatic carbocycles. The van der Waals surface area contributed by atoms with E-state index in [-0.39, 0.29) is 5.41 Å². The topological polar surface area (TPSA) is 65.0 Å². The zero-order valence-corrected chi connectivity index (χ0v) is 38.2. The Hall–Kier alpha value is -9.45. The van der Waals surface area contributed by atoms with Crippen molar-refractivity contribution in [2.75, 3.05) is 0 Å². The number of aromatic nitrogens is 3. The number of hydrogen-bond donors (Lipinski definition) is 0. The van der Waals surface area contributed by atoms with Crippen LogP contribution >= 0.6 is 0 Å². The Labute approximate surface area is 409 Å². The number of furan rings is 2. The molecule has 0 saturated carbocycles. The average Bonchev–Trinajstić information content (AvgIpc) is 4.23. The fourth-order valence-corrected chi connectivity index (χ4v) is 11.7. The van der Waals surface area contributed by atoms with Crippen LogP contribution in [0.25, 0.3) is 123 Å². The van der Waals surface area contributed by atoms with E-state index < -0.39 is 0 Å². The molecule has 10 aromatic carbocycles. The lowest BCUT2D eigenvalue weighted by atomic mass is 9.70. The average molecular weight is 906 g/mol. The molecule has 71 heavy (non-hydrogen) atoms. The van der Waals surface area contributed by atoms with Gasteiger partial charge in [0, 0.05) is 32.8 Å². The third-order valence-corrected chi connectivity index (χ3v) is 14.9. The second kappa shape index (κ2) is 15.3. The summed E-state index contributed by atoms with van der Waals surface area (Å²) in [5.41, 5.74) is 22.1. The van der Waals surface area contributed by atoms with E-state index in [0.717, 1.165) is 71.9 Å². The molecule has 5 nitrogen and oxygen atoms in total. The molecule has 0 unspecified atom stereocenters. The van der Waals surface area contributed by atoms with E-state index in [0.29, 0.717) is 17.5 Å². The molecule has 330 valence electrons. The molecular formula is C66H39N3O2. The molecule has 0 radical (unpaired) electrons. The first-order chi connectivity index (χ1) is 35.2. The van der Waals surface area contributed by atoms with Crippen LogP contribution in [0.2, 0.25) is 0 Å². The third-order valence-electron chi connectivity index (χ3n) is 14.9. The van der Waals surface area contributed by atoms with Gasteiger partial charge in [0.2, 0.25) is 0 Å². The minimum Gasteiger partial charge on any atom is -0.464 e. The lowest BCUT2D eigenvalue weighted by molar-refractivity contribution is 0.616. The fourth-order valence-electron chi connectivity index (χ4n) is 11.7. The van der Waals surface area contributed by atoms with Crippen molar-refractivity contribution in [3.8, 4) is 89.8 Å². The summed E-state index contributed by atoms with van der Waals surface area (Å²) in [5.74, 6) is 1.71. The number of nitrogens with zero attached hydrogens (tertiary/aromatic N) is 3. The molecule has 0 N–H and O–H groups in total. The van der Waals surface area contributed by atoms with E-state index in [4.69, 9.17) is 23.8 Å². The summed E-state index contributed by atoms with van der Waals surface area (Å²) >= 11 is 0. The smallest absolute Gasteiger partial charge is 0.164 e. The molecule has 0 bridgehead atoms. The van der Waals surface area contributed by atoms with Gasteiger partial charge in [-0.05, 0) is 114 Å². The van der Waals surface area contributed by atoms with Gasteiger partial charge in [0.05, 0.1) is 11.7 Å². The van der Waals surface area contributed by atoms with Crippen LogP contribution in [0, 0.1) is 0 Å². The van der Waals surface area contributed by atoms with E-state index in [1.165, 1.54) is 55.6 Å². The van der Waals surface area contributed by atoms with E-state index in [2.05, 4.69) is 188 Å². The Morgan fingerprint density at radius 2 is 0.761 bits per heavy atom. The molecule has 13 aromatic rings. The maximum absolute atomic E-state index is 6.57. The van der Waals surface area contributed by atoms with Crippen molar-refractivity contribution >= 4 is 32.9 Å². The highest BCUT2D eigenvalue weighted by Gasteiger charge is 2.51. The van der Waals surface area contributed by atoms with Gasteiger partial charge in [-0.3, -0.25) is 0 Å². The quantitative estimate of drug-likeness (QED) is 0.166. The number of hydrogen-bond acceptors (Lipinski definition) is 5. The Kier molecular flexibility index (Phi) is 8.51. The monoisotopic (exact) mass is 905 g/mol. The maximum atomic E-state index is 6.57. The molecule has 0 fully saturated rings. The maximum Gasteiger partial charge on any atom is 0.164 e. The van der Waals surface area contributed by atoms with Crippen LogP contribution in [0.1, 0.15) is 22.3 Å². The second-order valence-corrected chi connectivity index (χ2v) is 18.6. The summed E-state index contributed by atoms with van der Waals surface area (Å²) in [6.45, 7) is 0. The largest absolute Gasteiger partial charge is 0.464 e. The lowest BCUT2D eigenvalue weighted by Gasteiger charge is -2.30. The van der Waals surface area contributed by atoms with Gasteiger partial charge < -0.3 is 8.83 Å². The molecule has 15 rings (SSSR count). The normalized spacial score (nSPS) is 12.9. The molecule has 0 atom stereocenters. The molecule has 0 saturated heterocycles.